The SMILES string of the molecule is COC1C(C(C)(C)O)/C=C\[C@H](C)C(=O)[C@]23C[C@@H](C)[C@@H](OC(C)=O)[C@@]2(/C=C(\C)[C@@H]1O)O3. The van der Waals surface area contributed by atoms with Crippen LogP contribution in [0.1, 0.15) is 48.0 Å². The second-order valence-corrected chi connectivity index (χ2v) is 9.68. The van der Waals surface area contributed by atoms with E-state index in [9.17, 15) is 19.8 Å². The van der Waals surface area contributed by atoms with Gasteiger partial charge in [0.25, 0.3) is 0 Å². The highest BCUT2D eigenvalue weighted by Gasteiger charge is 2.82. The van der Waals surface area contributed by atoms with Gasteiger partial charge in [0.05, 0.1) is 11.7 Å². The molecule has 3 aliphatic rings. The third-order valence-corrected chi connectivity index (χ3v) is 6.85. The normalized spacial score (nSPS) is 46.7. The van der Waals surface area contributed by atoms with E-state index in [-0.39, 0.29) is 11.7 Å². The maximum absolute atomic E-state index is 13.5. The highest BCUT2D eigenvalue weighted by Crippen LogP contribution is 2.65. The molecule has 1 heterocycles. The lowest BCUT2D eigenvalue weighted by atomic mass is 9.81. The molecule has 0 aromatic carbocycles. The Balaban J connectivity index is 2.14. The summed E-state index contributed by atoms with van der Waals surface area (Å²) in [6.07, 6.45) is 3.25. The van der Waals surface area contributed by atoms with Crippen LogP contribution in [0.5, 0.6) is 0 Å². The van der Waals surface area contributed by atoms with Crippen molar-refractivity contribution in [3.05, 3.63) is 23.8 Å². The minimum absolute atomic E-state index is 0.0748. The third-order valence-electron chi connectivity index (χ3n) is 6.85. The Morgan fingerprint density at radius 3 is 2.47 bits per heavy atom. The maximum Gasteiger partial charge on any atom is 0.303 e. The van der Waals surface area contributed by atoms with Crippen LogP contribution in [-0.2, 0) is 23.8 Å². The molecule has 8 atom stereocenters. The van der Waals surface area contributed by atoms with Gasteiger partial charge >= 0.3 is 5.97 Å². The molecule has 7 nitrogen and oxygen atoms in total. The largest absolute Gasteiger partial charge is 0.459 e. The van der Waals surface area contributed by atoms with Crippen molar-refractivity contribution in [1.82, 2.24) is 0 Å². The number of rotatable bonds is 3. The van der Waals surface area contributed by atoms with E-state index in [2.05, 4.69) is 0 Å². The van der Waals surface area contributed by atoms with Crippen molar-refractivity contribution < 1.29 is 34.0 Å². The smallest absolute Gasteiger partial charge is 0.303 e. The van der Waals surface area contributed by atoms with E-state index >= 15 is 0 Å². The summed E-state index contributed by atoms with van der Waals surface area (Å²) in [5.74, 6) is -1.64. The van der Waals surface area contributed by atoms with Crippen molar-refractivity contribution in [2.75, 3.05) is 7.11 Å². The third kappa shape index (κ3) is 3.45. The molecule has 1 saturated carbocycles. The van der Waals surface area contributed by atoms with Crippen molar-refractivity contribution in [2.24, 2.45) is 17.8 Å². The molecule has 1 aliphatic heterocycles. The van der Waals surface area contributed by atoms with E-state index in [1.54, 1.807) is 45.9 Å². The van der Waals surface area contributed by atoms with Gasteiger partial charge in [-0.1, -0.05) is 26.0 Å². The summed E-state index contributed by atoms with van der Waals surface area (Å²) in [6.45, 7) is 10.1. The first kappa shape index (κ1) is 23.1. The highest BCUT2D eigenvalue weighted by molar-refractivity contribution is 5.96. The minimum atomic E-state index is -1.18. The monoisotopic (exact) mass is 422 g/mol. The molecule has 0 aromatic heterocycles. The van der Waals surface area contributed by atoms with E-state index in [4.69, 9.17) is 14.2 Å². The van der Waals surface area contributed by atoms with Gasteiger partial charge in [0.1, 0.15) is 12.2 Å². The number of methoxy groups -OCH3 is 1. The Kier molecular flexibility index (Phi) is 5.82. The van der Waals surface area contributed by atoms with Crippen molar-refractivity contribution in [3.8, 4) is 0 Å². The van der Waals surface area contributed by atoms with Crippen LogP contribution in [0.15, 0.2) is 23.8 Å². The summed E-state index contributed by atoms with van der Waals surface area (Å²) in [4.78, 5) is 25.2. The molecule has 7 heteroatoms. The summed E-state index contributed by atoms with van der Waals surface area (Å²) >= 11 is 0. The second-order valence-electron chi connectivity index (χ2n) is 9.68. The summed E-state index contributed by atoms with van der Waals surface area (Å²) in [6, 6.07) is 0. The molecule has 2 fully saturated rings. The Morgan fingerprint density at radius 1 is 1.30 bits per heavy atom. The number of allylic oxidation sites excluding steroid dienone is 1. The maximum atomic E-state index is 13.5. The van der Waals surface area contributed by atoms with Gasteiger partial charge < -0.3 is 24.4 Å². The molecule has 168 valence electrons. The average Bonchev–Trinajstić information content (AvgIpc) is 3.21. The number of ketones is 1. The van der Waals surface area contributed by atoms with Gasteiger partial charge in [0.15, 0.2) is 17.0 Å². The van der Waals surface area contributed by atoms with Crippen LogP contribution in [0.3, 0.4) is 0 Å². The van der Waals surface area contributed by atoms with Gasteiger partial charge in [-0.3, -0.25) is 9.59 Å². The van der Waals surface area contributed by atoms with E-state index in [0.717, 1.165) is 0 Å². The molecule has 1 saturated heterocycles. The highest BCUT2D eigenvalue weighted by atomic mass is 16.7. The predicted molar refractivity (Wildman–Crippen MR) is 110 cm³/mol. The van der Waals surface area contributed by atoms with E-state index in [0.29, 0.717) is 12.0 Å². The molecule has 2 N–H and O–H groups in total. The van der Waals surface area contributed by atoms with Gasteiger partial charge in [-0.05, 0) is 44.8 Å². The van der Waals surface area contributed by atoms with Gasteiger partial charge in [0, 0.05) is 25.9 Å². The number of esters is 1. The van der Waals surface area contributed by atoms with Crippen LogP contribution in [-0.4, -0.2) is 64.2 Å². The zero-order valence-electron chi connectivity index (χ0n) is 18.8. The molecule has 0 radical (unpaired) electrons. The first-order valence-corrected chi connectivity index (χ1v) is 10.5. The molecular formula is C23H34O7. The fourth-order valence-corrected chi connectivity index (χ4v) is 5.33. The fraction of sp³-hybridized carbons (Fsp3) is 0.739. The molecule has 0 aromatic rings. The summed E-state index contributed by atoms with van der Waals surface area (Å²) in [7, 11) is 1.48. The Labute approximate surface area is 178 Å². The number of aliphatic hydroxyl groups excluding tert-OH is 1. The zero-order valence-corrected chi connectivity index (χ0v) is 18.8. The second kappa shape index (κ2) is 7.55. The molecule has 0 spiro atoms. The lowest BCUT2D eigenvalue weighted by molar-refractivity contribution is -0.151. The van der Waals surface area contributed by atoms with Crippen LogP contribution in [0.4, 0.5) is 0 Å². The number of epoxide rings is 1. The topological polar surface area (TPSA) is 106 Å². The molecule has 2 aliphatic carbocycles. The van der Waals surface area contributed by atoms with Gasteiger partial charge in [0.2, 0.25) is 0 Å². The summed E-state index contributed by atoms with van der Waals surface area (Å²) < 4.78 is 17.3. The predicted octanol–water partition coefficient (Wildman–Crippen LogP) is 1.95. The van der Waals surface area contributed by atoms with Crippen LogP contribution >= 0.6 is 0 Å². The van der Waals surface area contributed by atoms with Gasteiger partial charge in [-0.2, -0.15) is 0 Å². The fourth-order valence-electron chi connectivity index (χ4n) is 5.33. The van der Waals surface area contributed by atoms with Gasteiger partial charge in [-0.15, -0.1) is 0 Å². The standard InChI is InChI=1S/C23H34O7/c1-12-8-9-16(21(5,6)27)18(28-7)17(25)13(2)10-23-20(29-15(4)24)14(3)11-22(23,30-23)19(12)26/h8-10,12,14,16-18,20,25,27H,11H2,1-7H3/b9-8-,13-10+/t12-,14+,16?,17-,18?,20+,22+,23+/m0/s1. The Morgan fingerprint density at radius 2 is 1.93 bits per heavy atom. The Hall–Kier alpha value is -1.54. The number of aliphatic hydroxyl groups is 2. The minimum Gasteiger partial charge on any atom is -0.459 e. The van der Waals surface area contributed by atoms with Crippen LogP contribution in [0.25, 0.3) is 0 Å². The first-order valence-electron chi connectivity index (χ1n) is 10.5. The number of Topliss-reactive ketones (excluding diaryl/α,β-unsaturated/α-hetero) is 1. The van der Waals surface area contributed by atoms with E-state index < -0.39 is 52.9 Å². The number of carbonyl (C=O) groups excluding carboxylic acids is 2. The zero-order chi connectivity index (χ0) is 22.6. The lowest BCUT2D eigenvalue weighted by Gasteiger charge is -2.36. The molecule has 2 unspecified atom stereocenters. The van der Waals surface area contributed by atoms with Crippen LogP contribution < -0.4 is 0 Å². The Bertz CT molecular complexity index is 779. The van der Waals surface area contributed by atoms with Crippen LogP contribution in [0.2, 0.25) is 0 Å². The van der Waals surface area contributed by atoms with Crippen LogP contribution in [0, 0.1) is 17.8 Å². The van der Waals surface area contributed by atoms with E-state index in [1.807, 2.05) is 6.92 Å². The van der Waals surface area contributed by atoms with Gasteiger partial charge in [-0.25, -0.2) is 0 Å². The molecule has 30 heavy (non-hydrogen) atoms. The molecule has 3 rings (SSSR count). The lowest BCUT2D eigenvalue weighted by Crippen LogP contribution is -2.46. The summed E-state index contributed by atoms with van der Waals surface area (Å²) in [5, 5.41) is 21.8. The van der Waals surface area contributed by atoms with Crippen molar-refractivity contribution in [1.29, 1.82) is 0 Å². The number of hydrogen-bond donors (Lipinski definition) is 2. The molecular weight excluding hydrogens is 388 g/mol. The molecule has 0 amide bonds. The number of carbonyl (C=O) groups is 2. The first-order chi connectivity index (χ1) is 13.8. The van der Waals surface area contributed by atoms with Crippen molar-refractivity contribution in [3.63, 3.8) is 0 Å². The summed E-state index contributed by atoms with van der Waals surface area (Å²) in [5.41, 5.74) is -2.83. The quantitative estimate of drug-likeness (QED) is 0.407. The number of ether oxygens (including phenoxy) is 3. The van der Waals surface area contributed by atoms with Crippen molar-refractivity contribution >= 4 is 11.8 Å². The van der Waals surface area contributed by atoms with E-state index in [1.165, 1.54) is 14.0 Å². The molecule has 0 bridgehead atoms. The van der Waals surface area contributed by atoms with Crippen molar-refractivity contribution in [2.45, 2.75) is 83.1 Å². The number of hydrogen-bond acceptors (Lipinski definition) is 7. The average molecular weight is 423 g/mol.